The standard InChI is InChI=1S/C18H17FN4O3S/c1-12-9-14(11-15(10-12)23-13(2)7-8-20-23)18(24)21-22-27(25,26)17-6-4-3-5-16(17)19/h3-11,22H,1-2H3,(H,21,24). The van der Waals surface area contributed by atoms with Crippen molar-refractivity contribution in [2.45, 2.75) is 18.7 Å². The van der Waals surface area contributed by atoms with Gasteiger partial charge in [-0.15, -0.1) is 4.83 Å². The molecule has 1 aromatic heterocycles. The van der Waals surface area contributed by atoms with Crippen molar-refractivity contribution < 1.29 is 17.6 Å². The van der Waals surface area contributed by atoms with E-state index in [0.29, 0.717) is 5.69 Å². The molecular weight excluding hydrogens is 371 g/mol. The highest BCUT2D eigenvalue weighted by Gasteiger charge is 2.20. The number of hydrogen-bond donors (Lipinski definition) is 2. The Labute approximate surface area is 155 Å². The average Bonchev–Trinajstić information content (AvgIpc) is 3.05. The maximum absolute atomic E-state index is 13.7. The molecule has 9 heteroatoms. The van der Waals surface area contributed by atoms with Crippen LogP contribution in [0.2, 0.25) is 0 Å². The molecule has 0 spiro atoms. The Balaban J connectivity index is 1.82. The first-order valence-corrected chi connectivity index (χ1v) is 9.45. The first-order chi connectivity index (χ1) is 12.8. The largest absolute Gasteiger partial charge is 0.273 e. The summed E-state index contributed by atoms with van der Waals surface area (Å²) >= 11 is 0. The third-order valence-corrected chi connectivity index (χ3v) is 5.11. The SMILES string of the molecule is Cc1cc(C(=O)NNS(=O)(=O)c2ccccc2F)cc(-n2nccc2C)c1. The number of nitrogens with one attached hydrogen (secondary N) is 2. The predicted octanol–water partition coefficient (Wildman–Crippen LogP) is 2.25. The molecule has 0 aliphatic heterocycles. The van der Waals surface area contributed by atoms with E-state index in [1.54, 1.807) is 23.0 Å². The molecule has 0 aliphatic rings. The van der Waals surface area contributed by atoms with Gasteiger partial charge in [0, 0.05) is 17.5 Å². The highest BCUT2D eigenvalue weighted by atomic mass is 32.2. The van der Waals surface area contributed by atoms with Gasteiger partial charge in [-0.3, -0.25) is 10.2 Å². The molecule has 0 radical (unpaired) electrons. The van der Waals surface area contributed by atoms with Crippen molar-refractivity contribution in [3.63, 3.8) is 0 Å². The number of rotatable bonds is 5. The zero-order valence-electron chi connectivity index (χ0n) is 14.6. The van der Waals surface area contributed by atoms with Gasteiger partial charge in [0.2, 0.25) is 0 Å². The van der Waals surface area contributed by atoms with Crippen LogP contribution in [0.5, 0.6) is 0 Å². The molecule has 0 atom stereocenters. The van der Waals surface area contributed by atoms with Crippen molar-refractivity contribution >= 4 is 15.9 Å². The van der Waals surface area contributed by atoms with E-state index < -0.39 is 26.6 Å². The molecule has 0 saturated heterocycles. The molecule has 27 heavy (non-hydrogen) atoms. The summed E-state index contributed by atoms with van der Waals surface area (Å²) in [5.74, 6) is -1.59. The van der Waals surface area contributed by atoms with E-state index in [-0.39, 0.29) is 5.56 Å². The Morgan fingerprint density at radius 2 is 1.85 bits per heavy atom. The fourth-order valence-corrected chi connectivity index (χ4v) is 3.48. The molecule has 0 bridgehead atoms. The van der Waals surface area contributed by atoms with Crippen LogP contribution in [0, 0.1) is 19.7 Å². The second-order valence-electron chi connectivity index (χ2n) is 5.93. The normalized spacial score (nSPS) is 11.4. The number of nitrogens with zero attached hydrogens (tertiary/aromatic N) is 2. The zero-order valence-corrected chi connectivity index (χ0v) is 15.4. The number of hydrogen-bond acceptors (Lipinski definition) is 4. The zero-order chi connectivity index (χ0) is 19.6. The quantitative estimate of drug-likeness (QED) is 0.656. The number of sulfonamides is 1. The summed E-state index contributed by atoms with van der Waals surface area (Å²) < 4.78 is 39.7. The van der Waals surface area contributed by atoms with Gasteiger partial charge in [0.1, 0.15) is 10.7 Å². The summed E-state index contributed by atoms with van der Waals surface area (Å²) in [4.78, 5) is 13.8. The number of amides is 1. The molecule has 0 saturated carbocycles. The van der Waals surface area contributed by atoms with E-state index in [2.05, 4.69) is 10.5 Å². The van der Waals surface area contributed by atoms with Crippen LogP contribution in [0.4, 0.5) is 4.39 Å². The third kappa shape index (κ3) is 4.04. The minimum atomic E-state index is -4.24. The van der Waals surface area contributed by atoms with Crippen LogP contribution in [-0.4, -0.2) is 24.1 Å². The van der Waals surface area contributed by atoms with E-state index >= 15 is 0 Å². The Kier molecular flexibility index (Phi) is 5.06. The van der Waals surface area contributed by atoms with Crippen molar-refractivity contribution in [3.8, 4) is 5.69 Å². The summed E-state index contributed by atoms with van der Waals surface area (Å²) in [6.45, 7) is 3.68. The Bertz CT molecular complexity index is 1110. The van der Waals surface area contributed by atoms with Gasteiger partial charge < -0.3 is 0 Å². The Morgan fingerprint density at radius 1 is 1.11 bits per heavy atom. The number of carbonyl (C=O) groups is 1. The second-order valence-corrected chi connectivity index (χ2v) is 7.58. The highest BCUT2D eigenvalue weighted by Crippen LogP contribution is 2.16. The molecule has 1 heterocycles. The summed E-state index contributed by atoms with van der Waals surface area (Å²) in [6, 6.07) is 11.8. The lowest BCUT2D eigenvalue weighted by Gasteiger charge is -2.11. The van der Waals surface area contributed by atoms with Crippen molar-refractivity contribution in [1.29, 1.82) is 0 Å². The fraction of sp³-hybridized carbons (Fsp3) is 0.111. The van der Waals surface area contributed by atoms with Gasteiger partial charge in [-0.2, -0.15) is 5.10 Å². The van der Waals surface area contributed by atoms with E-state index in [0.717, 1.165) is 23.4 Å². The van der Waals surface area contributed by atoms with Crippen LogP contribution in [0.3, 0.4) is 0 Å². The number of carbonyl (C=O) groups excluding carboxylic acids is 1. The lowest BCUT2D eigenvalue weighted by Crippen LogP contribution is -2.41. The molecule has 140 valence electrons. The molecule has 2 aromatic carbocycles. The van der Waals surface area contributed by atoms with Crippen LogP contribution >= 0.6 is 0 Å². The van der Waals surface area contributed by atoms with Crippen LogP contribution in [0.15, 0.2) is 59.6 Å². The monoisotopic (exact) mass is 388 g/mol. The third-order valence-electron chi connectivity index (χ3n) is 3.83. The smallest absolute Gasteiger partial charge is 0.266 e. The average molecular weight is 388 g/mol. The fourth-order valence-electron chi connectivity index (χ4n) is 2.56. The van der Waals surface area contributed by atoms with Crippen LogP contribution in [0.25, 0.3) is 5.69 Å². The highest BCUT2D eigenvalue weighted by molar-refractivity contribution is 7.89. The lowest BCUT2D eigenvalue weighted by molar-refractivity contribution is 0.0945. The van der Waals surface area contributed by atoms with Crippen LogP contribution in [0.1, 0.15) is 21.6 Å². The summed E-state index contributed by atoms with van der Waals surface area (Å²) in [7, 11) is -4.24. The van der Waals surface area contributed by atoms with E-state index in [1.807, 2.05) is 30.8 Å². The number of halogens is 1. The molecule has 0 fully saturated rings. The van der Waals surface area contributed by atoms with Crippen LogP contribution < -0.4 is 10.3 Å². The van der Waals surface area contributed by atoms with Crippen molar-refractivity contribution in [2.75, 3.05) is 0 Å². The van der Waals surface area contributed by atoms with Crippen molar-refractivity contribution in [3.05, 3.63) is 77.4 Å². The topological polar surface area (TPSA) is 93.1 Å². The lowest BCUT2D eigenvalue weighted by atomic mass is 10.1. The van der Waals surface area contributed by atoms with Gasteiger partial charge >= 0.3 is 0 Å². The number of benzene rings is 2. The molecule has 0 aliphatic carbocycles. The second kappa shape index (κ2) is 7.29. The van der Waals surface area contributed by atoms with Gasteiger partial charge in [0.15, 0.2) is 0 Å². The van der Waals surface area contributed by atoms with E-state index in [9.17, 15) is 17.6 Å². The molecule has 1 amide bonds. The first kappa shape index (κ1) is 18.7. The number of aromatic nitrogens is 2. The van der Waals surface area contributed by atoms with E-state index in [4.69, 9.17) is 0 Å². The predicted molar refractivity (Wildman–Crippen MR) is 97.2 cm³/mol. The van der Waals surface area contributed by atoms with Gasteiger partial charge in [0.25, 0.3) is 15.9 Å². The Hall–Kier alpha value is -3.04. The van der Waals surface area contributed by atoms with Gasteiger partial charge in [-0.25, -0.2) is 17.5 Å². The molecule has 0 unspecified atom stereocenters. The summed E-state index contributed by atoms with van der Waals surface area (Å²) in [5, 5.41) is 4.19. The Morgan fingerprint density at radius 3 is 2.52 bits per heavy atom. The molecule has 2 N–H and O–H groups in total. The minimum Gasteiger partial charge on any atom is -0.273 e. The van der Waals surface area contributed by atoms with Crippen LogP contribution in [-0.2, 0) is 10.0 Å². The van der Waals surface area contributed by atoms with Gasteiger partial charge in [-0.05, 0) is 55.8 Å². The minimum absolute atomic E-state index is 0.233. The molecule has 3 aromatic rings. The number of hydrazine groups is 1. The maximum Gasteiger partial charge on any atom is 0.266 e. The van der Waals surface area contributed by atoms with E-state index in [1.165, 1.54) is 12.1 Å². The van der Waals surface area contributed by atoms with Crippen molar-refractivity contribution in [2.24, 2.45) is 0 Å². The molecule has 3 rings (SSSR count). The first-order valence-electron chi connectivity index (χ1n) is 7.97. The molecular formula is C18H17FN4O3S. The summed E-state index contributed by atoms with van der Waals surface area (Å²) in [6.07, 6.45) is 1.64. The van der Waals surface area contributed by atoms with Gasteiger partial charge in [0.05, 0.1) is 5.69 Å². The van der Waals surface area contributed by atoms with Gasteiger partial charge in [-0.1, -0.05) is 12.1 Å². The van der Waals surface area contributed by atoms with Crippen molar-refractivity contribution in [1.82, 2.24) is 20.0 Å². The number of aryl methyl sites for hydroxylation is 2. The summed E-state index contributed by atoms with van der Waals surface area (Å²) in [5.41, 5.74) is 4.68. The maximum atomic E-state index is 13.7. The molecule has 7 nitrogen and oxygen atoms in total.